The Hall–Kier alpha value is 0.284. The summed E-state index contributed by atoms with van der Waals surface area (Å²) in [7, 11) is -2.98. The smallest absolute Gasteiger partial charge is 0.164 e. The topological polar surface area (TPSA) is 0 Å². The molecule has 0 aromatic carbocycles. The lowest BCUT2D eigenvalue weighted by molar-refractivity contribution is 0.838. The van der Waals surface area contributed by atoms with Gasteiger partial charge in [-0.3, -0.25) is 0 Å². The molecule has 0 rings (SSSR count). The summed E-state index contributed by atoms with van der Waals surface area (Å²) >= 11 is 6.68. The van der Waals surface area contributed by atoms with E-state index in [2.05, 4.69) is 88.6 Å². The van der Waals surface area contributed by atoms with Crippen LogP contribution in [0, 0.1) is 12.0 Å². The number of hydrogen-bond donors (Lipinski definition) is 0. The average Bonchev–Trinajstić information content (AvgIpc) is 2.37. The summed E-state index contributed by atoms with van der Waals surface area (Å²) in [6, 6.07) is 0. The van der Waals surface area contributed by atoms with Crippen LogP contribution in [0.3, 0.4) is 0 Å². The third-order valence-corrected chi connectivity index (χ3v) is 21.2. The summed E-state index contributed by atoms with van der Waals surface area (Å²) in [5.74, 6) is 0. The number of terminal acetylenes is 1. The van der Waals surface area contributed by atoms with E-state index in [0.29, 0.717) is 33.2 Å². The van der Waals surface area contributed by atoms with Gasteiger partial charge in [-0.05, 0) is 33.2 Å². The Morgan fingerprint density at radius 3 is 0.783 bits per heavy atom. The van der Waals surface area contributed by atoms with Gasteiger partial charge in [0.05, 0.1) is 0 Å². The SMILES string of the molecule is C#C[Si](C(C)C)(C(C)C)C(C)C.CC(C)[Si](Cl)(C(C)C)C(C)C. The molecule has 0 aromatic heterocycles. The minimum atomic E-state index is -1.51. The van der Waals surface area contributed by atoms with Crippen LogP contribution in [-0.4, -0.2) is 15.5 Å². The van der Waals surface area contributed by atoms with E-state index in [4.69, 9.17) is 17.5 Å². The van der Waals surface area contributed by atoms with Crippen molar-refractivity contribution in [2.45, 2.75) is 116 Å². The first-order valence-electron chi connectivity index (χ1n) is 9.39. The molecule has 0 saturated carbocycles. The lowest BCUT2D eigenvalue weighted by Gasteiger charge is -2.37. The van der Waals surface area contributed by atoms with Crippen LogP contribution in [0.15, 0.2) is 0 Å². The molecule has 0 nitrogen and oxygen atoms in total. The van der Waals surface area contributed by atoms with E-state index in [1.54, 1.807) is 0 Å². The van der Waals surface area contributed by atoms with Crippen molar-refractivity contribution in [1.29, 1.82) is 0 Å². The fraction of sp³-hybridized carbons (Fsp3) is 0.900. The second-order valence-electron chi connectivity index (χ2n) is 8.83. The maximum Gasteiger partial charge on any atom is 0.164 e. The summed E-state index contributed by atoms with van der Waals surface area (Å²) in [6.07, 6.45) is 5.72. The Morgan fingerprint density at radius 2 is 0.783 bits per heavy atom. The Balaban J connectivity index is 0. The number of halogens is 1. The van der Waals surface area contributed by atoms with Gasteiger partial charge in [0, 0.05) is 0 Å². The molecule has 138 valence electrons. The molecular weight excluding hydrogens is 332 g/mol. The second kappa shape index (κ2) is 10.3. The van der Waals surface area contributed by atoms with Crippen molar-refractivity contribution in [2.24, 2.45) is 0 Å². The van der Waals surface area contributed by atoms with Gasteiger partial charge >= 0.3 is 0 Å². The lowest BCUT2D eigenvalue weighted by Crippen LogP contribution is -2.43. The minimum Gasteiger partial charge on any atom is -0.166 e. The molecule has 0 spiro atoms. The summed E-state index contributed by atoms with van der Waals surface area (Å²) in [5.41, 5.74) is 7.30. The van der Waals surface area contributed by atoms with E-state index < -0.39 is 15.5 Å². The molecule has 0 fully saturated rings. The van der Waals surface area contributed by atoms with Crippen LogP contribution in [0.25, 0.3) is 0 Å². The highest BCUT2D eigenvalue weighted by molar-refractivity contribution is 7.22. The highest BCUT2D eigenvalue weighted by atomic mass is 35.6. The maximum absolute atomic E-state index is 6.68. The number of hydrogen-bond acceptors (Lipinski definition) is 0. The van der Waals surface area contributed by atoms with Gasteiger partial charge in [-0.2, -0.15) is 11.1 Å². The monoisotopic (exact) mass is 374 g/mol. The quantitative estimate of drug-likeness (QED) is 0.249. The first kappa shape index (κ1) is 25.5. The van der Waals surface area contributed by atoms with Crippen molar-refractivity contribution in [3.63, 3.8) is 0 Å². The molecule has 0 heterocycles. The van der Waals surface area contributed by atoms with Crippen molar-refractivity contribution in [3.05, 3.63) is 0 Å². The molecule has 0 N–H and O–H groups in total. The van der Waals surface area contributed by atoms with Gasteiger partial charge < -0.3 is 0 Å². The Morgan fingerprint density at radius 1 is 0.565 bits per heavy atom. The van der Waals surface area contributed by atoms with Crippen LogP contribution in [0.1, 0.15) is 83.1 Å². The van der Waals surface area contributed by atoms with E-state index in [9.17, 15) is 0 Å². The fourth-order valence-corrected chi connectivity index (χ4v) is 13.5. The highest BCUT2D eigenvalue weighted by Crippen LogP contribution is 2.44. The molecule has 0 atom stereocenters. The Labute approximate surface area is 154 Å². The maximum atomic E-state index is 6.68. The van der Waals surface area contributed by atoms with Crippen LogP contribution in [0.2, 0.25) is 33.2 Å². The van der Waals surface area contributed by atoms with Crippen molar-refractivity contribution in [2.75, 3.05) is 0 Å². The van der Waals surface area contributed by atoms with Gasteiger partial charge in [-0.15, -0.1) is 12.0 Å². The average molecular weight is 375 g/mol. The fourth-order valence-electron chi connectivity index (χ4n) is 4.50. The zero-order valence-corrected chi connectivity index (χ0v) is 20.7. The van der Waals surface area contributed by atoms with E-state index in [-0.39, 0.29) is 0 Å². The molecule has 0 amide bonds. The standard InChI is InChI=1S/C11H22Si.C9H21ClSi/c1-8-12(9(2)3,10(4)5)11(6)7;1-7(2)11(10,8(3)4)9(5)6/h1,9-11H,2-7H3;7-9H,1-6H3. The summed E-state index contributed by atoms with van der Waals surface area (Å²) in [4.78, 5) is 0. The Bertz CT molecular complexity index is 319. The van der Waals surface area contributed by atoms with E-state index >= 15 is 0 Å². The van der Waals surface area contributed by atoms with Crippen LogP contribution in [-0.2, 0) is 0 Å². The molecule has 0 radical (unpaired) electrons. The van der Waals surface area contributed by atoms with Crippen LogP contribution >= 0.6 is 11.1 Å². The zero-order valence-electron chi connectivity index (χ0n) is 17.9. The third kappa shape index (κ3) is 5.94. The first-order valence-corrected chi connectivity index (χ1v) is 14.9. The third-order valence-electron chi connectivity index (χ3n) is 5.77. The van der Waals surface area contributed by atoms with E-state index in [1.807, 2.05) is 0 Å². The second-order valence-corrected chi connectivity index (χ2v) is 21.5. The van der Waals surface area contributed by atoms with Crippen LogP contribution < -0.4 is 0 Å². The van der Waals surface area contributed by atoms with Gasteiger partial charge in [0.1, 0.15) is 8.07 Å². The van der Waals surface area contributed by atoms with Gasteiger partial charge in [0.25, 0.3) is 0 Å². The molecule has 0 unspecified atom stereocenters. The first-order chi connectivity index (χ1) is 10.2. The molecular formula is C20H43ClSi2. The summed E-state index contributed by atoms with van der Waals surface area (Å²) in [5, 5.41) is 0. The largest absolute Gasteiger partial charge is 0.166 e. The zero-order chi connectivity index (χ0) is 19.2. The predicted octanol–water partition coefficient (Wildman–Crippen LogP) is 8.24. The predicted molar refractivity (Wildman–Crippen MR) is 117 cm³/mol. The molecule has 0 saturated heterocycles. The van der Waals surface area contributed by atoms with Gasteiger partial charge in [-0.25, -0.2) is 0 Å². The van der Waals surface area contributed by atoms with Crippen molar-refractivity contribution in [1.82, 2.24) is 0 Å². The summed E-state index contributed by atoms with van der Waals surface area (Å²) < 4.78 is 0. The minimum absolute atomic E-state index is 0.684. The van der Waals surface area contributed by atoms with Crippen molar-refractivity contribution in [3.8, 4) is 12.0 Å². The van der Waals surface area contributed by atoms with Gasteiger partial charge in [0.15, 0.2) is 7.38 Å². The molecule has 0 aliphatic rings. The number of rotatable bonds is 6. The van der Waals surface area contributed by atoms with Crippen LogP contribution in [0.5, 0.6) is 0 Å². The van der Waals surface area contributed by atoms with Crippen molar-refractivity contribution >= 4 is 26.5 Å². The summed E-state index contributed by atoms with van der Waals surface area (Å²) in [6.45, 7) is 27.3. The molecule has 0 aliphatic carbocycles. The van der Waals surface area contributed by atoms with Gasteiger partial charge in [-0.1, -0.05) is 83.1 Å². The molecule has 0 aliphatic heterocycles. The molecule has 0 bridgehead atoms. The van der Waals surface area contributed by atoms with E-state index in [0.717, 1.165) is 0 Å². The van der Waals surface area contributed by atoms with Crippen molar-refractivity contribution < 1.29 is 0 Å². The van der Waals surface area contributed by atoms with Gasteiger partial charge in [0.2, 0.25) is 0 Å². The highest BCUT2D eigenvalue weighted by Gasteiger charge is 2.41. The van der Waals surface area contributed by atoms with Crippen LogP contribution in [0.4, 0.5) is 0 Å². The lowest BCUT2D eigenvalue weighted by atomic mass is 10.5. The van der Waals surface area contributed by atoms with E-state index in [1.165, 1.54) is 0 Å². The molecule has 3 heteroatoms. The molecule has 0 aromatic rings. The molecule has 23 heavy (non-hydrogen) atoms. The normalized spacial score (nSPS) is 13.1. The Kier molecular flexibility index (Phi) is 11.4.